The summed E-state index contributed by atoms with van der Waals surface area (Å²) in [6, 6.07) is 0. The second-order valence-electron chi connectivity index (χ2n) is 6.41. The summed E-state index contributed by atoms with van der Waals surface area (Å²) in [5.74, 6) is -1.53. The maximum absolute atomic E-state index is 13.0. The van der Waals surface area contributed by atoms with Crippen molar-refractivity contribution in [2.45, 2.75) is 55.8 Å². The third kappa shape index (κ3) is 3.75. The second kappa shape index (κ2) is 6.01. The predicted octanol–water partition coefficient (Wildman–Crippen LogP) is 1.73. The van der Waals surface area contributed by atoms with Gasteiger partial charge >= 0.3 is 21.3 Å². The summed E-state index contributed by atoms with van der Waals surface area (Å²) in [4.78, 5) is 11.1. The summed E-state index contributed by atoms with van der Waals surface area (Å²) in [6.07, 6.45) is 5.29. The molecule has 2 saturated carbocycles. The van der Waals surface area contributed by atoms with Crippen molar-refractivity contribution < 1.29 is 36.4 Å². The van der Waals surface area contributed by atoms with Gasteiger partial charge in [0, 0.05) is 6.42 Å². The third-order valence-corrected chi connectivity index (χ3v) is 5.41. The average molecular weight is 342 g/mol. The zero-order valence-corrected chi connectivity index (χ0v) is 12.8. The molecule has 0 aromatic heterocycles. The van der Waals surface area contributed by atoms with Crippen LogP contribution in [-0.4, -0.2) is 41.5 Å². The van der Waals surface area contributed by atoms with Gasteiger partial charge in [-0.3, -0.25) is 4.55 Å². The van der Waals surface area contributed by atoms with Crippen LogP contribution in [0.25, 0.3) is 0 Å². The Morgan fingerprint density at radius 3 is 2.32 bits per heavy atom. The number of rotatable bonds is 5. The van der Waals surface area contributed by atoms with Gasteiger partial charge < -0.3 is 9.84 Å². The van der Waals surface area contributed by atoms with Crippen molar-refractivity contribution in [3.63, 3.8) is 0 Å². The Labute approximate surface area is 127 Å². The summed E-state index contributed by atoms with van der Waals surface area (Å²) in [5.41, 5.74) is -1.07. The van der Waals surface area contributed by atoms with Gasteiger partial charge in [-0.05, 0) is 31.1 Å². The lowest BCUT2D eigenvalue weighted by Gasteiger charge is -2.44. The van der Waals surface area contributed by atoms with E-state index in [0.29, 0.717) is 24.7 Å². The van der Waals surface area contributed by atoms with Gasteiger partial charge in [-0.2, -0.15) is 17.2 Å². The molecule has 128 valence electrons. The largest absolute Gasteiger partial charge is 0.465 e. The molecule has 0 aromatic carbocycles. The molecule has 2 unspecified atom stereocenters. The van der Waals surface area contributed by atoms with Gasteiger partial charge in [-0.15, -0.1) is 0 Å². The molecule has 0 amide bonds. The molecule has 0 saturated heterocycles. The number of esters is 1. The number of fused-ring (bicyclic) bond motifs is 2. The fraction of sp³-hybridized carbons (Fsp3) is 0.923. The predicted molar refractivity (Wildman–Crippen MR) is 71.7 cm³/mol. The number of hydrogen-bond donors (Lipinski definition) is 2. The van der Waals surface area contributed by atoms with Crippen LogP contribution in [0.2, 0.25) is 0 Å². The van der Waals surface area contributed by atoms with Crippen LogP contribution in [0.1, 0.15) is 44.9 Å². The molecule has 9 heteroatoms. The fourth-order valence-electron chi connectivity index (χ4n) is 3.66. The maximum atomic E-state index is 13.0. The van der Waals surface area contributed by atoms with Crippen LogP contribution in [0.5, 0.6) is 0 Å². The zero-order valence-electron chi connectivity index (χ0n) is 12.0. The first-order valence-corrected chi connectivity index (χ1v) is 8.72. The minimum Gasteiger partial charge on any atom is -0.460 e. The quantitative estimate of drug-likeness (QED) is 0.583. The minimum absolute atomic E-state index is 0.0205. The van der Waals surface area contributed by atoms with Gasteiger partial charge in [0.05, 0.1) is 12.2 Å². The first-order valence-electron chi connectivity index (χ1n) is 7.28. The summed E-state index contributed by atoms with van der Waals surface area (Å²) >= 11 is 0. The van der Waals surface area contributed by atoms with Gasteiger partial charge in [0.2, 0.25) is 0 Å². The molecular formula is C13H20F2O6S. The molecule has 0 aliphatic heterocycles. The number of aliphatic hydroxyl groups is 1. The van der Waals surface area contributed by atoms with E-state index in [4.69, 9.17) is 4.55 Å². The van der Waals surface area contributed by atoms with E-state index in [1.54, 1.807) is 0 Å². The molecule has 2 aliphatic rings. The van der Waals surface area contributed by atoms with E-state index in [2.05, 4.69) is 4.74 Å². The Kier molecular flexibility index (Phi) is 4.79. The lowest BCUT2D eigenvalue weighted by atomic mass is 9.65. The molecule has 2 bridgehead atoms. The van der Waals surface area contributed by atoms with Crippen molar-refractivity contribution in [3.8, 4) is 0 Å². The van der Waals surface area contributed by atoms with Crippen LogP contribution >= 0.6 is 0 Å². The molecule has 2 aliphatic carbocycles. The summed E-state index contributed by atoms with van der Waals surface area (Å²) in [5, 5.41) is 5.52. The Morgan fingerprint density at radius 2 is 1.82 bits per heavy atom. The minimum atomic E-state index is -5.85. The standard InChI is InChI=1S/C13H20F2O6S/c14-13(15,22(18,19)20)11(16)21-5-4-12(17)7-9-2-1-3-10(6-9)8-12/h9-10,17H,1-8H2,(H,18,19,20). The topological polar surface area (TPSA) is 101 Å². The maximum Gasteiger partial charge on any atom is 0.465 e. The SMILES string of the molecule is O=C(OCCC1(O)CC2CCCC(C2)C1)C(F)(F)S(=O)(=O)O. The van der Waals surface area contributed by atoms with Gasteiger partial charge in [0.15, 0.2) is 0 Å². The van der Waals surface area contributed by atoms with Gasteiger partial charge in [0.1, 0.15) is 0 Å². The molecule has 2 rings (SSSR count). The van der Waals surface area contributed by atoms with Crippen molar-refractivity contribution >= 4 is 16.1 Å². The molecule has 2 atom stereocenters. The highest BCUT2D eigenvalue weighted by molar-refractivity contribution is 7.87. The molecule has 0 heterocycles. The van der Waals surface area contributed by atoms with E-state index in [9.17, 15) is 27.1 Å². The van der Waals surface area contributed by atoms with E-state index < -0.39 is 33.5 Å². The lowest BCUT2D eigenvalue weighted by Crippen LogP contribution is -2.43. The number of alkyl halides is 2. The first kappa shape index (κ1) is 17.6. The van der Waals surface area contributed by atoms with Crippen LogP contribution in [0.3, 0.4) is 0 Å². The molecule has 0 aromatic rings. The molecule has 0 spiro atoms. The highest BCUT2D eigenvalue weighted by atomic mass is 32.2. The van der Waals surface area contributed by atoms with Crippen molar-refractivity contribution in [1.29, 1.82) is 0 Å². The highest BCUT2D eigenvalue weighted by Gasteiger charge is 2.54. The Morgan fingerprint density at radius 1 is 1.27 bits per heavy atom. The number of carbonyl (C=O) groups is 1. The van der Waals surface area contributed by atoms with Crippen molar-refractivity contribution in [3.05, 3.63) is 0 Å². The highest BCUT2D eigenvalue weighted by Crippen LogP contribution is 2.45. The summed E-state index contributed by atoms with van der Waals surface area (Å²) in [7, 11) is -5.85. The number of hydrogen-bond acceptors (Lipinski definition) is 5. The molecule has 2 fully saturated rings. The van der Waals surface area contributed by atoms with E-state index in [1.807, 2.05) is 0 Å². The van der Waals surface area contributed by atoms with Crippen LogP contribution in [-0.2, 0) is 19.6 Å². The average Bonchev–Trinajstić information content (AvgIpc) is 2.36. The van der Waals surface area contributed by atoms with Gasteiger partial charge in [-0.25, -0.2) is 4.79 Å². The van der Waals surface area contributed by atoms with Crippen LogP contribution in [0.4, 0.5) is 8.78 Å². The Hall–Kier alpha value is -0.800. The van der Waals surface area contributed by atoms with Crippen molar-refractivity contribution in [1.82, 2.24) is 0 Å². The van der Waals surface area contributed by atoms with E-state index in [0.717, 1.165) is 25.7 Å². The summed E-state index contributed by atoms with van der Waals surface area (Å²) in [6.45, 7) is -0.514. The Balaban J connectivity index is 1.87. The van der Waals surface area contributed by atoms with Crippen molar-refractivity contribution in [2.24, 2.45) is 11.8 Å². The zero-order chi connectivity index (χ0) is 16.6. The normalized spacial score (nSPS) is 32.5. The number of halogens is 2. The smallest absolute Gasteiger partial charge is 0.460 e. The molecule has 2 N–H and O–H groups in total. The van der Waals surface area contributed by atoms with E-state index in [1.165, 1.54) is 0 Å². The second-order valence-corrected chi connectivity index (χ2v) is 7.87. The van der Waals surface area contributed by atoms with Gasteiger partial charge in [-0.1, -0.05) is 19.3 Å². The van der Waals surface area contributed by atoms with E-state index in [-0.39, 0.29) is 6.42 Å². The molecule has 0 radical (unpaired) electrons. The number of carbonyl (C=O) groups excluding carboxylic acids is 1. The molecular weight excluding hydrogens is 322 g/mol. The molecule has 6 nitrogen and oxygen atoms in total. The fourth-order valence-corrected chi connectivity index (χ4v) is 3.93. The first-order chi connectivity index (χ1) is 10.0. The number of ether oxygens (including phenoxy) is 1. The molecule has 22 heavy (non-hydrogen) atoms. The Bertz CT molecular complexity index is 521. The van der Waals surface area contributed by atoms with Gasteiger partial charge in [0.25, 0.3) is 0 Å². The van der Waals surface area contributed by atoms with Crippen LogP contribution in [0.15, 0.2) is 0 Å². The van der Waals surface area contributed by atoms with Crippen molar-refractivity contribution in [2.75, 3.05) is 6.61 Å². The summed E-state index contributed by atoms with van der Waals surface area (Å²) < 4.78 is 59.3. The lowest BCUT2D eigenvalue weighted by molar-refractivity contribution is -0.163. The van der Waals surface area contributed by atoms with Crippen LogP contribution < -0.4 is 0 Å². The van der Waals surface area contributed by atoms with E-state index >= 15 is 0 Å². The monoisotopic (exact) mass is 342 g/mol. The van der Waals surface area contributed by atoms with Crippen LogP contribution in [0, 0.1) is 11.8 Å². The third-order valence-electron chi connectivity index (χ3n) is 4.59.